The predicted octanol–water partition coefficient (Wildman–Crippen LogP) is 0.539. The molecular formula is C12H22N2O3. The number of nitrogens with one attached hydrogen (secondary N) is 1. The van der Waals surface area contributed by atoms with Crippen LogP contribution in [0, 0.1) is 0 Å². The van der Waals surface area contributed by atoms with Gasteiger partial charge in [-0.05, 0) is 26.7 Å². The number of piperazine rings is 1. The van der Waals surface area contributed by atoms with Gasteiger partial charge in [0.25, 0.3) is 0 Å². The van der Waals surface area contributed by atoms with Crippen molar-refractivity contribution in [3.8, 4) is 0 Å². The maximum Gasteiger partial charge on any atom is 0.245 e. The summed E-state index contributed by atoms with van der Waals surface area (Å²) < 4.78 is 5.36. The van der Waals surface area contributed by atoms with Gasteiger partial charge in [0.15, 0.2) is 0 Å². The monoisotopic (exact) mass is 242 g/mol. The van der Waals surface area contributed by atoms with Crippen molar-refractivity contribution in [2.45, 2.75) is 45.7 Å². The lowest BCUT2D eigenvalue weighted by molar-refractivity contribution is -0.148. The first-order valence-electron chi connectivity index (χ1n) is 6.26. The second kappa shape index (κ2) is 6.59. The number of hydrogen-bond acceptors (Lipinski definition) is 3. The lowest BCUT2D eigenvalue weighted by Gasteiger charge is -2.36. The largest absolute Gasteiger partial charge is 0.381 e. The van der Waals surface area contributed by atoms with Crippen LogP contribution in [0.25, 0.3) is 0 Å². The van der Waals surface area contributed by atoms with Crippen LogP contribution in [0.4, 0.5) is 0 Å². The minimum atomic E-state index is -0.407. The molecule has 17 heavy (non-hydrogen) atoms. The molecule has 0 aromatic rings. The first-order valence-corrected chi connectivity index (χ1v) is 6.26. The van der Waals surface area contributed by atoms with Gasteiger partial charge in [-0.15, -0.1) is 0 Å². The zero-order valence-electron chi connectivity index (χ0n) is 10.9. The van der Waals surface area contributed by atoms with E-state index in [-0.39, 0.29) is 17.9 Å². The average molecular weight is 242 g/mol. The molecule has 0 spiro atoms. The number of carbonyl (C=O) groups excluding carboxylic acids is 2. The molecule has 1 aliphatic rings. The molecule has 0 aliphatic carbocycles. The Balaban J connectivity index is 2.38. The Kier molecular flexibility index (Phi) is 5.41. The fourth-order valence-corrected chi connectivity index (χ4v) is 1.86. The van der Waals surface area contributed by atoms with Crippen molar-refractivity contribution >= 4 is 11.8 Å². The van der Waals surface area contributed by atoms with E-state index in [2.05, 4.69) is 12.2 Å². The molecule has 0 radical (unpaired) electrons. The van der Waals surface area contributed by atoms with E-state index in [1.807, 2.05) is 0 Å². The van der Waals surface area contributed by atoms with Crippen molar-refractivity contribution in [2.75, 3.05) is 19.8 Å². The number of carbonyl (C=O) groups is 2. The molecule has 1 saturated heterocycles. The van der Waals surface area contributed by atoms with Gasteiger partial charge in [0.1, 0.15) is 12.1 Å². The molecule has 0 aromatic heterocycles. The molecule has 2 amide bonds. The molecule has 0 aromatic carbocycles. The molecular weight excluding hydrogens is 220 g/mol. The minimum absolute atomic E-state index is 0.00686. The van der Waals surface area contributed by atoms with E-state index in [4.69, 9.17) is 4.74 Å². The van der Waals surface area contributed by atoms with Gasteiger partial charge in [0.2, 0.25) is 11.8 Å². The van der Waals surface area contributed by atoms with E-state index < -0.39 is 6.04 Å². The molecule has 1 rings (SSSR count). The van der Waals surface area contributed by atoms with Gasteiger partial charge in [0.05, 0.1) is 0 Å². The summed E-state index contributed by atoms with van der Waals surface area (Å²) in [4.78, 5) is 25.1. The Hall–Kier alpha value is -1.10. The van der Waals surface area contributed by atoms with Crippen LogP contribution in [0.2, 0.25) is 0 Å². The van der Waals surface area contributed by atoms with Crippen molar-refractivity contribution in [1.29, 1.82) is 0 Å². The van der Waals surface area contributed by atoms with Crippen LogP contribution in [-0.4, -0.2) is 48.6 Å². The third kappa shape index (κ3) is 3.70. The topological polar surface area (TPSA) is 58.6 Å². The van der Waals surface area contributed by atoms with E-state index in [0.29, 0.717) is 13.2 Å². The maximum absolute atomic E-state index is 11.9. The van der Waals surface area contributed by atoms with Crippen LogP contribution in [0.3, 0.4) is 0 Å². The molecule has 1 N–H and O–H groups in total. The molecule has 98 valence electrons. The lowest BCUT2D eigenvalue weighted by Crippen LogP contribution is -2.61. The molecule has 0 bridgehead atoms. The first-order chi connectivity index (χ1) is 8.07. The van der Waals surface area contributed by atoms with Gasteiger partial charge in [-0.2, -0.15) is 0 Å². The highest BCUT2D eigenvalue weighted by molar-refractivity contribution is 5.96. The number of hydrogen-bond donors (Lipinski definition) is 1. The Morgan fingerprint density at radius 2 is 2.00 bits per heavy atom. The summed E-state index contributed by atoms with van der Waals surface area (Å²) >= 11 is 0. The second-order valence-electron chi connectivity index (χ2n) is 4.40. The Bertz CT molecular complexity index is 281. The van der Waals surface area contributed by atoms with Gasteiger partial charge in [-0.25, -0.2) is 0 Å². The van der Waals surface area contributed by atoms with Crippen molar-refractivity contribution < 1.29 is 14.3 Å². The SMILES string of the molecule is CCCOCCCN1C(=O)C(C)NC(=O)C1C. The molecule has 2 atom stereocenters. The standard InChI is InChI=1S/C12H22N2O3/c1-4-7-17-8-5-6-14-10(3)11(15)13-9(2)12(14)16/h9-10H,4-8H2,1-3H3,(H,13,15). The molecule has 2 unspecified atom stereocenters. The fourth-order valence-electron chi connectivity index (χ4n) is 1.86. The Morgan fingerprint density at radius 3 is 2.65 bits per heavy atom. The molecule has 1 heterocycles. The van der Waals surface area contributed by atoms with Crippen LogP contribution in [0.5, 0.6) is 0 Å². The van der Waals surface area contributed by atoms with Gasteiger partial charge in [-0.1, -0.05) is 6.92 Å². The number of ether oxygens (including phenoxy) is 1. The highest BCUT2D eigenvalue weighted by Crippen LogP contribution is 2.10. The molecule has 1 fully saturated rings. The van der Waals surface area contributed by atoms with E-state index in [1.54, 1.807) is 18.7 Å². The van der Waals surface area contributed by atoms with Gasteiger partial charge in [-0.3, -0.25) is 9.59 Å². The number of rotatable bonds is 6. The van der Waals surface area contributed by atoms with Crippen LogP contribution < -0.4 is 5.32 Å². The number of nitrogens with zero attached hydrogens (tertiary/aromatic N) is 1. The second-order valence-corrected chi connectivity index (χ2v) is 4.40. The van der Waals surface area contributed by atoms with Crippen LogP contribution in [0.15, 0.2) is 0 Å². The smallest absolute Gasteiger partial charge is 0.245 e. The minimum Gasteiger partial charge on any atom is -0.381 e. The summed E-state index contributed by atoms with van der Waals surface area (Å²) in [7, 11) is 0. The summed E-state index contributed by atoms with van der Waals surface area (Å²) in [6.45, 7) is 7.50. The van der Waals surface area contributed by atoms with E-state index >= 15 is 0 Å². The molecule has 0 saturated carbocycles. The van der Waals surface area contributed by atoms with Crippen molar-refractivity contribution in [3.05, 3.63) is 0 Å². The first kappa shape index (κ1) is 14.0. The quantitative estimate of drug-likeness (QED) is 0.692. The van der Waals surface area contributed by atoms with Gasteiger partial charge in [0, 0.05) is 19.8 Å². The van der Waals surface area contributed by atoms with E-state index in [9.17, 15) is 9.59 Å². The summed E-state index contributed by atoms with van der Waals surface area (Å²) in [5, 5.41) is 2.66. The van der Waals surface area contributed by atoms with Crippen LogP contribution >= 0.6 is 0 Å². The van der Waals surface area contributed by atoms with E-state index in [1.165, 1.54) is 0 Å². The normalized spacial score (nSPS) is 25.0. The highest BCUT2D eigenvalue weighted by atomic mass is 16.5. The zero-order valence-corrected chi connectivity index (χ0v) is 10.9. The highest BCUT2D eigenvalue weighted by Gasteiger charge is 2.34. The average Bonchev–Trinajstić information content (AvgIpc) is 2.30. The molecule has 5 nitrogen and oxygen atoms in total. The third-order valence-corrected chi connectivity index (χ3v) is 2.90. The van der Waals surface area contributed by atoms with Crippen molar-refractivity contribution in [3.63, 3.8) is 0 Å². The molecule has 5 heteroatoms. The Labute approximate surface area is 102 Å². The summed E-state index contributed by atoms with van der Waals surface area (Å²) in [5.41, 5.74) is 0. The van der Waals surface area contributed by atoms with E-state index in [0.717, 1.165) is 19.4 Å². The Morgan fingerprint density at radius 1 is 1.29 bits per heavy atom. The fraction of sp³-hybridized carbons (Fsp3) is 0.833. The summed E-state index contributed by atoms with van der Waals surface area (Å²) in [5.74, 6) is -0.0841. The summed E-state index contributed by atoms with van der Waals surface area (Å²) in [6.07, 6.45) is 1.77. The number of amides is 2. The van der Waals surface area contributed by atoms with Gasteiger partial charge >= 0.3 is 0 Å². The van der Waals surface area contributed by atoms with Crippen LogP contribution in [0.1, 0.15) is 33.6 Å². The van der Waals surface area contributed by atoms with Crippen molar-refractivity contribution in [1.82, 2.24) is 10.2 Å². The van der Waals surface area contributed by atoms with Crippen molar-refractivity contribution in [2.24, 2.45) is 0 Å². The van der Waals surface area contributed by atoms with Gasteiger partial charge < -0.3 is 15.0 Å². The summed E-state index contributed by atoms with van der Waals surface area (Å²) in [6, 6.07) is -0.778. The zero-order chi connectivity index (χ0) is 12.8. The van der Waals surface area contributed by atoms with Crippen LogP contribution in [-0.2, 0) is 14.3 Å². The maximum atomic E-state index is 11.9. The lowest BCUT2D eigenvalue weighted by atomic mass is 10.1. The third-order valence-electron chi connectivity index (χ3n) is 2.90. The molecule has 1 aliphatic heterocycles. The predicted molar refractivity (Wildman–Crippen MR) is 64.5 cm³/mol.